The zero-order valence-corrected chi connectivity index (χ0v) is 24.0. The van der Waals surface area contributed by atoms with Crippen LogP contribution in [0.3, 0.4) is 0 Å². The molecule has 4 rings (SSSR count). The van der Waals surface area contributed by atoms with Crippen LogP contribution in [0.1, 0.15) is 37.0 Å². The maximum Gasteiger partial charge on any atom is 0.331 e. The molecule has 3 aromatic rings. The zero-order chi connectivity index (χ0) is 29.9. The van der Waals surface area contributed by atoms with Crippen LogP contribution in [0.15, 0.2) is 91.0 Å². The van der Waals surface area contributed by atoms with E-state index < -0.39 is 42.0 Å². The summed E-state index contributed by atoms with van der Waals surface area (Å²) in [5, 5.41) is 3.06. The predicted octanol–water partition coefficient (Wildman–Crippen LogP) is 4.11. The van der Waals surface area contributed by atoms with Crippen LogP contribution < -0.4 is 5.32 Å². The van der Waals surface area contributed by atoms with E-state index in [9.17, 15) is 19.2 Å². The van der Waals surface area contributed by atoms with Gasteiger partial charge in [-0.1, -0.05) is 91.0 Å². The van der Waals surface area contributed by atoms with Crippen molar-refractivity contribution in [2.45, 2.75) is 58.0 Å². The summed E-state index contributed by atoms with van der Waals surface area (Å²) in [6.45, 7) is 3.74. The van der Waals surface area contributed by atoms with Gasteiger partial charge in [-0.2, -0.15) is 0 Å². The van der Waals surface area contributed by atoms with Gasteiger partial charge in [-0.3, -0.25) is 14.9 Å². The molecule has 1 fully saturated rings. The minimum absolute atomic E-state index is 0.00484. The highest BCUT2D eigenvalue weighted by atomic mass is 16.5. The van der Waals surface area contributed by atoms with Crippen LogP contribution in [-0.4, -0.2) is 65.0 Å². The van der Waals surface area contributed by atoms with Gasteiger partial charge in [0, 0.05) is 6.54 Å². The Morgan fingerprint density at radius 2 is 1.43 bits per heavy atom. The third-order valence-corrected chi connectivity index (χ3v) is 7.09. The van der Waals surface area contributed by atoms with Gasteiger partial charge in [-0.05, 0) is 43.4 Å². The summed E-state index contributed by atoms with van der Waals surface area (Å²) in [7, 11) is 0. The molecule has 42 heavy (non-hydrogen) atoms. The summed E-state index contributed by atoms with van der Waals surface area (Å²) in [6, 6.07) is 24.8. The molecule has 1 heterocycles. The van der Waals surface area contributed by atoms with E-state index in [0.29, 0.717) is 12.8 Å². The Balaban J connectivity index is 1.50. The van der Waals surface area contributed by atoms with Crippen molar-refractivity contribution in [3.05, 3.63) is 108 Å². The summed E-state index contributed by atoms with van der Waals surface area (Å²) >= 11 is 0. The minimum Gasteiger partial charge on any atom is -0.465 e. The van der Waals surface area contributed by atoms with Crippen molar-refractivity contribution in [3.8, 4) is 0 Å². The molecule has 1 saturated heterocycles. The lowest BCUT2D eigenvalue weighted by Gasteiger charge is -2.26. The van der Waals surface area contributed by atoms with Crippen LogP contribution in [0.5, 0.6) is 0 Å². The number of hydrogen-bond donors (Lipinski definition) is 1. The quantitative estimate of drug-likeness (QED) is 0.308. The van der Waals surface area contributed by atoms with Crippen LogP contribution in [-0.2, 0) is 43.4 Å². The van der Waals surface area contributed by atoms with E-state index in [4.69, 9.17) is 9.47 Å². The van der Waals surface area contributed by atoms with Gasteiger partial charge in [0.2, 0.25) is 5.91 Å². The normalized spacial score (nSPS) is 16.1. The highest BCUT2D eigenvalue weighted by molar-refractivity contribution is 6.03. The maximum atomic E-state index is 13.8. The van der Waals surface area contributed by atoms with Crippen molar-refractivity contribution in [1.82, 2.24) is 15.1 Å². The van der Waals surface area contributed by atoms with E-state index in [2.05, 4.69) is 5.32 Å². The molecule has 0 spiro atoms. The number of imide groups is 1. The number of nitrogens with one attached hydrogen (secondary N) is 1. The number of ether oxygens (including phenoxy) is 2. The average molecular weight is 572 g/mol. The number of benzene rings is 3. The SMILES string of the molecule is CCOC(=O)[C@H](CCc1ccccc1)N[C@@H](C)C(=O)N1C(=O)N(Cc2ccccc2)C[C@H]1C(=O)OCc1ccccc1. The number of urea groups is 1. The fraction of sp³-hybridized carbons (Fsp3) is 0.333. The Bertz CT molecular complexity index is 1340. The van der Waals surface area contributed by atoms with Gasteiger partial charge in [-0.15, -0.1) is 0 Å². The molecule has 9 heteroatoms. The fourth-order valence-corrected chi connectivity index (χ4v) is 4.89. The number of amides is 3. The Morgan fingerprint density at radius 3 is 2.02 bits per heavy atom. The molecule has 1 aliphatic heterocycles. The predicted molar refractivity (Wildman–Crippen MR) is 157 cm³/mol. The largest absolute Gasteiger partial charge is 0.465 e. The number of carbonyl (C=O) groups excluding carboxylic acids is 4. The van der Waals surface area contributed by atoms with Gasteiger partial charge in [0.05, 0.1) is 19.2 Å². The minimum atomic E-state index is -1.13. The van der Waals surface area contributed by atoms with Crippen molar-refractivity contribution < 1.29 is 28.7 Å². The van der Waals surface area contributed by atoms with Gasteiger partial charge >= 0.3 is 18.0 Å². The second-order valence-corrected chi connectivity index (χ2v) is 10.2. The van der Waals surface area contributed by atoms with Crippen LogP contribution >= 0.6 is 0 Å². The standard InChI is InChI=1S/C33H37N3O6/c1-3-41-31(38)28(20-19-25-13-7-4-8-14-25)34-24(2)30(37)36-29(32(39)42-23-27-17-11-6-12-18-27)22-35(33(36)40)21-26-15-9-5-10-16-26/h4-18,24,28-29,34H,3,19-23H2,1-2H3/t24-,28-,29-/m0/s1. The summed E-state index contributed by atoms with van der Waals surface area (Å²) in [4.78, 5) is 55.9. The molecule has 0 bridgehead atoms. The molecular weight excluding hydrogens is 534 g/mol. The molecule has 0 unspecified atom stereocenters. The number of carbonyl (C=O) groups is 4. The summed E-state index contributed by atoms with van der Waals surface area (Å²) in [5.41, 5.74) is 2.70. The van der Waals surface area contributed by atoms with E-state index in [-0.39, 0.29) is 26.3 Å². The molecule has 0 aliphatic carbocycles. The number of nitrogens with zero attached hydrogens (tertiary/aromatic N) is 2. The van der Waals surface area contributed by atoms with Crippen LogP contribution in [0.2, 0.25) is 0 Å². The first-order valence-corrected chi connectivity index (χ1v) is 14.2. The summed E-state index contributed by atoms with van der Waals surface area (Å²) < 4.78 is 10.8. The Morgan fingerprint density at radius 1 is 0.857 bits per heavy atom. The van der Waals surface area contributed by atoms with Crippen molar-refractivity contribution in [3.63, 3.8) is 0 Å². The lowest BCUT2D eigenvalue weighted by molar-refractivity contribution is -0.153. The van der Waals surface area contributed by atoms with E-state index in [1.807, 2.05) is 91.0 Å². The van der Waals surface area contributed by atoms with Crippen molar-refractivity contribution >= 4 is 23.9 Å². The lowest BCUT2D eigenvalue weighted by Crippen LogP contribution is -2.55. The number of esters is 2. The first-order valence-electron chi connectivity index (χ1n) is 14.2. The molecule has 0 radical (unpaired) electrons. The highest BCUT2D eigenvalue weighted by Gasteiger charge is 2.47. The van der Waals surface area contributed by atoms with Gasteiger partial charge < -0.3 is 14.4 Å². The molecule has 3 aromatic carbocycles. The van der Waals surface area contributed by atoms with Crippen LogP contribution in [0.4, 0.5) is 4.79 Å². The van der Waals surface area contributed by atoms with E-state index >= 15 is 0 Å². The Kier molecular flexibility index (Phi) is 10.8. The average Bonchev–Trinajstić information content (AvgIpc) is 3.34. The zero-order valence-electron chi connectivity index (χ0n) is 24.0. The maximum absolute atomic E-state index is 13.8. The monoisotopic (exact) mass is 571 g/mol. The van der Waals surface area contributed by atoms with Gasteiger partial charge in [-0.25, -0.2) is 14.5 Å². The molecule has 1 aliphatic rings. The molecule has 0 saturated carbocycles. The van der Waals surface area contributed by atoms with Gasteiger partial charge in [0.15, 0.2) is 6.04 Å². The van der Waals surface area contributed by atoms with E-state index in [1.54, 1.807) is 13.8 Å². The Labute approximate surface area is 246 Å². The topological polar surface area (TPSA) is 105 Å². The first-order chi connectivity index (χ1) is 20.4. The number of hydrogen-bond acceptors (Lipinski definition) is 7. The summed E-state index contributed by atoms with van der Waals surface area (Å²) in [5.74, 6) is -1.77. The van der Waals surface area contributed by atoms with Crippen molar-refractivity contribution in [2.24, 2.45) is 0 Å². The fourth-order valence-electron chi connectivity index (χ4n) is 4.89. The summed E-state index contributed by atoms with van der Waals surface area (Å²) in [6.07, 6.45) is 0.970. The molecular formula is C33H37N3O6. The van der Waals surface area contributed by atoms with E-state index in [1.165, 1.54) is 4.90 Å². The first kappa shape index (κ1) is 30.5. The molecule has 1 N–H and O–H groups in total. The molecule has 3 amide bonds. The smallest absolute Gasteiger partial charge is 0.331 e. The van der Waals surface area contributed by atoms with Crippen molar-refractivity contribution in [2.75, 3.05) is 13.2 Å². The Hall–Kier alpha value is -4.50. The third-order valence-electron chi connectivity index (χ3n) is 7.09. The molecule has 220 valence electrons. The lowest BCUT2D eigenvalue weighted by atomic mass is 10.0. The van der Waals surface area contributed by atoms with Crippen molar-refractivity contribution in [1.29, 1.82) is 0 Å². The molecule has 9 nitrogen and oxygen atoms in total. The van der Waals surface area contributed by atoms with Gasteiger partial charge in [0.25, 0.3) is 0 Å². The number of aryl methyl sites for hydroxylation is 1. The second-order valence-electron chi connectivity index (χ2n) is 10.2. The highest BCUT2D eigenvalue weighted by Crippen LogP contribution is 2.22. The second kappa shape index (κ2) is 14.9. The molecule has 0 aromatic heterocycles. The van der Waals surface area contributed by atoms with Gasteiger partial charge in [0.1, 0.15) is 12.6 Å². The third kappa shape index (κ3) is 8.04. The van der Waals surface area contributed by atoms with Crippen LogP contribution in [0, 0.1) is 0 Å². The molecule has 3 atom stereocenters. The van der Waals surface area contributed by atoms with E-state index in [0.717, 1.165) is 21.6 Å². The van der Waals surface area contributed by atoms with Crippen LogP contribution in [0.25, 0.3) is 0 Å². The number of rotatable bonds is 13.